The van der Waals surface area contributed by atoms with Crippen LogP contribution >= 0.6 is 0 Å². The minimum absolute atomic E-state index is 0.181. The molecule has 0 spiro atoms. The van der Waals surface area contributed by atoms with Gasteiger partial charge >= 0.3 is 0 Å². The zero-order valence-electron chi connectivity index (χ0n) is 11.3. The molecule has 0 amide bonds. The van der Waals surface area contributed by atoms with E-state index in [2.05, 4.69) is 23.9 Å². The quantitative estimate of drug-likeness (QED) is 0.762. The van der Waals surface area contributed by atoms with E-state index in [1.807, 2.05) is 0 Å². The van der Waals surface area contributed by atoms with Crippen molar-refractivity contribution >= 4 is 10.0 Å². The summed E-state index contributed by atoms with van der Waals surface area (Å²) >= 11 is 0. The SMILES string of the molecule is CCNS(=O)(=O)CCNC1CCC(C)(C)CC1. The lowest BCUT2D eigenvalue weighted by Crippen LogP contribution is -2.39. The highest BCUT2D eigenvalue weighted by atomic mass is 32.2. The van der Waals surface area contributed by atoms with Crippen molar-refractivity contribution in [2.45, 2.75) is 52.5 Å². The molecule has 1 aliphatic carbocycles. The highest BCUT2D eigenvalue weighted by molar-refractivity contribution is 7.89. The number of sulfonamides is 1. The number of hydrogen-bond donors (Lipinski definition) is 2. The van der Waals surface area contributed by atoms with Crippen LogP contribution in [-0.2, 0) is 10.0 Å². The van der Waals surface area contributed by atoms with Crippen molar-refractivity contribution in [2.75, 3.05) is 18.8 Å². The van der Waals surface area contributed by atoms with Crippen LogP contribution in [0.2, 0.25) is 0 Å². The summed E-state index contributed by atoms with van der Waals surface area (Å²) < 4.78 is 25.4. The molecule has 17 heavy (non-hydrogen) atoms. The van der Waals surface area contributed by atoms with Gasteiger partial charge in [0.2, 0.25) is 10.0 Å². The average molecular weight is 262 g/mol. The fourth-order valence-corrected chi connectivity index (χ4v) is 3.26. The van der Waals surface area contributed by atoms with Crippen molar-refractivity contribution in [1.82, 2.24) is 10.0 Å². The third-order valence-electron chi connectivity index (χ3n) is 3.51. The number of rotatable bonds is 6. The predicted molar refractivity (Wildman–Crippen MR) is 71.5 cm³/mol. The zero-order valence-corrected chi connectivity index (χ0v) is 12.1. The van der Waals surface area contributed by atoms with Crippen LogP contribution in [0.15, 0.2) is 0 Å². The highest BCUT2D eigenvalue weighted by Crippen LogP contribution is 2.34. The molecule has 1 saturated carbocycles. The molecular weight excluding hydrogens is 236 g/mol. The van der Waals surface area contributed by atoms with Crippen LogP contribution in [0, 0.1) is 5.41 Å². The Hall–Kier alpha value is -0.130. The standard InChI is InChI=1S/C12H26N2O2S/c1-4-14-17(15,16)10-9-13-11-5-7-12(2,3)8-6-11/h11,13-14H,4-10H2,1-3H3. The average Bonchev–Trinajstić information content (AvgIpc) is 2.20. The maximum atomic E-state index is 11.4. The minimum Gasteiger partial charge on any atom is -0.313 e. The Bertz CT molecular complexity index is 315. The van der Waals surface area contributed by atoms with Crippen LogP contribution in [0.5, 0.6) is 0 Å². The molecule has 4 nitrogen and oxygen atoms in total. The van der Waals surface area contributed by atoms with Gasteiger partial charge in [0.1, 0.15) is 0 Å². The number of hydrogen-bond acceptors (Lipinski definition) is 3. The van der Waals surface area contributed by atoms with E-state index in [-0.39, 0.29) is 5.75 Å². The molecule has 0 unspecified atom stereocenters. The highest BCUT2D eigenvalue weighted by Gasteiger charge is 2.26. The second kappa shape index (κ2) is 6.16. The van der Waals surface area contributed by atoms with E-state index in [0.717, 1.165) is 12.8 Å². The second-order valence-electron chi connectivity index (χ2n) is 5.71. The lowest BCUT2D eigenvalue weighted by atomic mass is 9.75. The van der Waals surface area contributed by atoms with E-state index in [4.69, 9.17) is 0 Å². The van der Waals surface area contributed by atoms with Gasteiger partial charge < -0.3 is 5.32 Å². The third kappa shape index (κ3) is 5.84. The van der Waals surface area contributed by atoms with Gasteiger partial charge in [-0.05, 0) is 31.1 Å². The smallest absolute Gasteiger partial charge is 0.212 e. The van der Waals surface area contributed by atoms with Crippen molar-refractivity contribution < 1.29 is 8.42 Å². The van der Waals surface area contributed by atoms with Crippen molar-refractivity contribution in [2.24, 2.45) is 5.41 Å². The van der Waals surface area contributed by atoms with Crippen molar-refractivity contribution in [3.05, 3.63) is 0 Å². The van der Waals surface area contributed by atoms with Gasteiger partial charge in [-0.1, -0.05) is 20.8 Å². The van der Waals surface area contributed by atoms with Crippen LogP contribution in [0.25, 0.3) is 0 Å². The normalized spacial score (nSPS) is 21.6. The van der Waals surface area contributed by atoms with E-state index >= 15 is 0 Å². The first-order valence-corrected chi connectivity index (χ1v) is 8.20. The monoisotopic (exact) mass is 262 g/mol. The minimum atomic E-state index is -3.07. The fraction of sp³-hybridized carbons (Fsp3) is 1.00. The summed E-state index contributed by atoms with van der Waals surface area (Å²) in [5.41, 5.74) is 0.466. The summed E-state index contributed by atoms with van der Waals surface area (Å²) in [7, 11) is -3.07. The van der Waals surface area contributed by atoms with E-state index in [0.29, 0.717) is 24.5 Å². The van der Waals surface area contributed by atoms with Gasteiger partial charge in [0.15, 0.2) is 0 Å². The first kappa shape index (κ1) is 14.9. The Kier molecular flexibility index (Phi) is 5.41. The molecule has 0 aliphatic heterocycles. The summed E-state index contributed by atoms with van der Waals surface area (Å²) in [6.07, 6.45) is 4.78. The van der Waals surface area contributed by atoms with Gasteiger partial charge in [0.05, 0.1) is 5.75 Å². The van der Waals surface area contributed by atoms with E-state index < -0.39 is 10.0 Å². The molecule has 102 valence electrons. The van der Waals surface area contributed by atoms with Gasteiger partial charge in [0, 0.05) is 19.1 Å². The topological polar surface area (TPSA) is 58.2 Å². The van der Waals surface area contributed by atoms with E-state index in [1.165, 1.54) is 12.8 Å². The predicted octanol–water partition coefficient (Wildman–Crippen LogP) is 1.48. The Balaban J connectivity index is 2.20. The Morgan fingerprint density at radius 2 is 1.82 bits per heavy atom. The Morgan fingerprint density at radius 3 is 2.35 bits per heavy atom. The van der Waals surface area contributed by atoms with Gasteiger partial charge in [-0.2, -0.15) is 0 Å². The molecule has 0 aromatic heterocycles. The van der Waals surface area contributed by atoms with Crippen LogP contribution in [0.1, 0.15) is 46.5 Å². The van der Waals surface area contributed by atoms with Crippen LogP contribution < -0.4 is 10.0 Å². The molecule has 0 atom stereocenters. The summed E-state index contributed by atoms with van der Waals surface area (Å²) in [5.74, 6) is 0.181. The first-order chi connectivity index (χ1) is 7.85. The maximum Gasteiger partial charge on any atom is 0.212 e. The van der Waals surface area contributed by atoms with Crippen molar-refractivity contribution in [1.29, 1.82) is 0 Å². The van der Waals surface area contributed by atoms with Crippen LogP contribution in [0.4, 0.5) is 0 Å². The van der Waals surface area contributed by atoms with E-state index in [1.54, 1.807) is 6.92 Å². The van der Waals surface area contributed by atoms with Crippen LogP contribution in [0.3, 0.4) is 0 Å². The fourth-order valence-electron chi connectivity index (χ4n) is 2.29. The van der Waals surface area contributed by atoms with E-state index in [9.17, 15) is 8.42 Å². The molecule has 1 fully saturated rings. The van der Waals surface area contributed by atoms with Gasteiger partial charge in [0.25, 0.3) is 0 Å². The molecule has 0 bridgehead atoms. The molecule has 0 aromatic rings. The third-order valence-corrected chi connectivity index (χ3v) is 4.98. The molecule has 0 heterocycles. The van der Waals surface area contributed by atoms with Crippen molar-refractivity contribution in [3.8, 4) is 0 Å². The molecule has 0 radical (unpaired) electrons. The summed E-state index contributed by atoms with van der Waals surface area (Å²) in [5, 5.41) is 3.35. The Morgan fingerprint density at radius 1 is 1.24 bits per heavy atom. The first-order valence-electron chi connectivity index (χ1n) is 6.55. The summed E-state index contributed by atoms with van der Waals surface area (Å²) in [6.45, 7) is 7.44. The molecule has 1 aliphatic rings. The van der Waals surface area contributed by atoms with Gasteiger partial charge in [-0.15, -0.1) is 0 Å². The molecule has 1 rings (SSSR count). The zero-order chi connectivity index (χ0) is 12.9. The molecule has 2 N–H and O–H groups in total. The van der Waals surface area contributed by atoms with Gasteiger partial charge in [-0.3, -0.25) is 0 Å². The lowest BCUT2D eigenvalue weighted by Gasteiger charge is -2.34. The van der Waals surface area contributed by atoms with Crippen LogP contribution in [-0.4, -0.2) is 33.3 Å². The summed E-state index contributed by atoms with van der Waals surface area (Å²) in [6, 6.07) is 0.500. The van der Waals surface area contributed by atoms with Gasteiger partial charge in [-0.25, -0.2) is 13.1 Å². The number of nitrogens with one attached hydrogen (secondary N) is 2. The Labute approximate surface area is 106 Å². The largest absolute Gasteiger partial charge is 0.313 e. The molecular formula is C12H26N2O2S. The summed E-state index contributed by atoms with van der Waals surface area (Å²) in [4.78, 5) is 0. The maximum absolute atomic E-state index is 11.4. The molecule has 0 aromatic carbocycles. The second-order valence-corrected chi connectivity index (χ2v) is 7.64. The van der Waals surface area contributed by atoms with Crippen molar-refractivity contribution in [3.63, 3.8) is 0 Å². The molecule has 5 heteroatoms. The lowest BCUT2D eigenvalue weighted by molar-refractivity contribution is 0.208. The molecule has 0 saturated heterocycles.